The van der Waals surface area contributed by atoms with Crippen molar-refractivity contribution in [3.8, 4) is 28.7 Å². The Bertz CT molecular complexity index is 5210. The molecule has 0 bridgehead atoms. The summed E-state index contributed by atoms with van der Waals surface area (Å²) < 4.78 is 10.4. The van der Waals surface area contributed by atoms with Crippen molar-refractivity contribution in [1.82, 2.24) is 24.9 Å². The van der Waals surface area contributed by atoms with Crippen molar-refractivity contribution < 1.29 is 39.2 Å². The molecule has 0 aliphatic carbocycles. The van der Waals surface area contributed by atoms with E-state index in [2.05, 4.69) is 91.6 Å². The fourth-order valence-corrected chi connectivity index (χ4v) is 10.9. The molecule has 15 rings (SSSR count). The predicted octanol–water partition coefficient (Wildman–Crippen LogP) is 19.9. The fourth-order valence-electron chi connectivity index (χ4n) is 10.9. The summed E-state index contributed by atoms with van der Waals surface area (Å²) in [4.78, 5) is 55.3. The monoisotopic (exact) mass is 1380 g/mol. The van der Waals surface area contributed by atoms with Gasteiger partial charge in [-0.3, -0.25) is 34.3 Å². The number of phenolic OH excluding ortho intramolecular Hbond substituents is 3. The molecule has 0 saturated heterocycles. The Balaban J connectivity index is 0.000000146. The number of ether oxygens (including phenoxy) is 2. The number of para-hydroxylation sites is 10. The maximum absolute atomic E-state index is 11.2. The van der Waals surface area contributed by atoms with Gasteiger partial charge in [0.25, 0.3) is 0 Å². The Hall–Kier alpha value is -12.7. The Labute approximate surface area is 605 Å². The highest BCUT2D eigenvalue weighted by molar-refractivity contribution is 5.86. The second kappa shape index (κ2) is 38.6. The first-order valence-electron chi connectivity index (χ1n) is 33.5. The van der Waals surface area contributed by atoms with Crippen LogP contribution in [-0.2, 0) is 48.1 Å². The zero-order valence-electron chi connectivity index (χ0n) is 57.4. The summed E-state index contributed by atoms with van der Waals surface area (Å²) in [5, 5.41) is 34.1. The van der Waals surface area contributed by atoms with Gasteiger partial charge in [-0.05, 0) is 171 Å². The van der Waals surface area contributed by atoms with Gasteiger partial charge in [-0.25, -0.2) is 4.98 Å². The molecule has 514 valence electrons. The molecule has 0 saturated carbocycles. The summed E-state index contributed by atoms with van der Waals surface area (Å²) in [5.41, 5.74) is 14.3. The van der Waals surface area contributed by atoms with Crippen molar-refractivity contribution >= 4 is 97.3 Å². The predicted molar refractivity (Wildman–Crippen MR) is 417 cm³/mol. The molecular weight excluding hydrogens is 1300 g/mol. The van der Waals surface area contributed by atoms with E-state index in [0.29, 0.717) is 34.8 Å². The highest BCUT2D eigenvalue weighted by atomic mass is 35.5. The molecule has 13 nitrogen and oxygen atoms in total. The second-order valence-corrected chi connectivity index (χ2v) is 23.7. The molecule has 14 heteroatoms. The molecule has 0 atom stereocenters. The number of hydrogen-bond donors (Lipinski definition) is 3. The van der Waals surface area contributed by atoms with Gasteiger partial charge in [-0.2, -0.15) is 0 Å². The first kappa shape index (κ1) is 74.5. The van der Waals surface area contributed by atoms with Crippen molar-refractivity contribution in [2.24, 2.45) is 0 Å². The average molecular weight is 1380 g/mol. The summed E-state index contributed by atoms with van der Waals surface area (Å²) in [6, 6.07) is 97.4. The van der Waals surface area contributed by atoms with Gasteiger partial charge in [-0.1, -0.05) is 206 Å². The smallest absolute Gasteiger partial charge is 0.308 e. The molecule has 0 fully saturated rings. The normalized spacial score (nSPS) is 10.4. The summed E-state index contributed by atoms with van der Waals surface area (Å²) in [7, 11) is 0. The molecular formula is C89H78ClN5O8. The Morgan fingerprint density at radius 1 is 0.320 bits per heavy atom. The number of carbonyl (C=O) groups is 3. The number of aromatic nitrogens is 5. The zero-order chi connectivity index (χ0) is 71.3. The number of phenols is 3. The molecule has 0 unspecified atom stereocenters. The summed E-state index contributed by atoms with van der Waals surface area (Å²) in [6.07, 6.45) is 9.30. The SMILES string of the molecule is CC(=O)Oc1ccccc1/C=C/c1ccc2ccccc2n1.CC(=O)Oc1ccccc1CCc1ccc2ccccc2n1.Cc1ccc2ccccc2n1.Cl.O=Cc1ccccc1O.Oc1ccccc1CCc1ccc2ccccc2n1.Oc1ccccc1CCc1ccc2ccccc2n1. The average Bonchev–Trinajstić information content (AvgIpc) is 0.874. The lowest BCUT2D eigenvalue weighted by Crippen LogP contribution is -2.04. The molecule has 5 aromatic heterocycles. The lowest BCUT2D eigenvalue weighted by atomic mass is 10.1. The largest absolute Gasteiger partial charge is 0.508 e. The summed E-state index contributed by atoms with van der Waals surface area (Å²) in [5.74, 6) is 1.32. The first-order valence-corrected chi connectivity index (χ1v) is 33.5. The molecule has 103 heavy (non-hydrogen) atoms. The van der Waals surface area contributed by atoms with Gasteiger partial charge in [-0.15, -0.1) is 12.4 Å². The number of rotatable bonds is 14. The van der Waals surface area contributed by atoms with Crippen LogP contribution in [0.15, 0.2) is 303 Å². The number of aromatic hydroxyl groups is 3. The highest BCUT2D eigenvalue weighted by Crippen LogP contribution is 2.25. The number of pyridine rings is 5. The van der Waals surface area contributed by atoms with Gasteiger partial charge in [0.05, 0.1) is 38.8 Å². The van der Waals surface area contributed by atoms with E-state index in [1.165, 1.54) is 25.3 Å². The lowest BCUT2D eigenvalue weighted by Gasteiger charge is -2.08. The van der Waals surface area contributed by atoms with Gasteiger partial charge in [0.2, 0.25) is 0 Å². The number of nitrogens with zero attached hydrogens (tertiary/aromatic N) is 5. The quantitative estimate of drug-likeness (QED) is 0.0529. The van der Waals surface area contributed by atoms with Crippen LogP contribution in [0.5, 0.6) is 28.7 Å². The molecule has 5 heterocycles. The molecule has 10 aromatic carbocycles. The third kappa shape index (κ3) is 22.9. The second-order valence-electron chi connectivity index (χ2n) is 23.7. The molecule has 0 aliphatic heterocycles. The van der Waals surface area contributed by atoms with Gasteiger partial charge in [0.15, 0.2) is 6.29 Å². The van der Waals surface area contributed by atoms with Crippen LogP contribution in [0.3, 0.4) is 0 Å². The van der Waals surface area contributed by atoms with E-state index < -0.39 is 0 Å². The van der Waals surface area contributed by atoms with Crippen LogP contribution in [0.25, 0.3) is 66.7 Å². The van der Waals surface area contributed by atoms with E-state index in [0.717, 1.165) is 138 Å². The summed E-state index contributed by atoms with van der Waals surface area (Å²) >= 11 is 0. The number of hydrogen-bond acceptors (Lipinski definition) is 13. The van der Waals surface area contributed by atoms with Crippen LogP contribution >= 0.6 is 12.4 Å². The van der Waals surface area contributed by atoms with Crippen LogP contribution in [0.4, 0.5) is 0 Å². The zero-order valence-corrected chi connectivity index (χ0v) is 58.2. The Kier molecular flexibility index (Phi) is 27.9. The lowest BCUT2D eigenvalue weighted by molar-refractivity contribution is -0.132. The third-order valence-electron chi connectivity index (χ3n) is 16.2. The van der Waals surface area contributed by atoms with E-state index in [-0.39, 0.29) is 30.1 Å². The van der Waals surface area contributed by atoms with Crippen LogP contribution in [0, 0.1) is 6.92 Å². The number of fused-ring (bicyclic) bond motifs is 5. The molecule has 0 radical (unpaired) electrons. The van der Waals surface area contributed by atoms with E-state index in [1.54, 1.807) is 36.4 Å². The molecule has 15 aromatic rings. The van der Waals surface area contributed by atoms with Crippen molar-refractivity contribution in [3.63, 3.8) is 0 Å². The minimum Gasteiger partial charge on any atom is -0.508 e. The van der Waals surface area contributed by atoms with Gasteiger partial charge < -0.3 is 24.8 Å². The number of esters is 2. The van der Waals surface area contributed by atoms with Crippen molar-refractivity contribution in [1.29, 1.82) is 0 Å². The number of halogens is 1. The van der Waals surface area contributed by atoms with Crippen molar-refractivity contribution in [3.05, 3.63) is 360 Å². The van der Waals surface area contributed by atoms with E-state index in [9.17, 15) is 24.6 Å². The standard InChI is InChI=1S/C19H17NO2.C19H15NO2.2C17H15NO.C10H9N.C7H6O2.ClH/c2*1-14(21)22-19-9-5-3-7-16(19)11-13-17-12-10-15-6-2-4-8-18(15)20-17;2*19-17-8-4-2-6-14(17)10-12-15-11-9-13-5-1-3-7-16(13)18-15;1-8-6-7-9-4-2-3-5-10(9)11-8;8-5-6-3-1-2-4-7(6)9;/h2-10,12H,11,13H2,1H3;2-13H,1H3;2*1-9,11,19H,10,12H2;2-7H,1H3;1-5,9H;1H/b;13-11+;;;;;. The fraction of sp³-hybridized carbons (Fsp3) is 0.101. The van der Waals surface area contributed by atoms with E-state index in [4.69, 9.17) is 14.6 Å². The van der Waals surface area contributed by atoms with Gasteiger partial charge in [0.1, 0.15) is 28.7 Å². The molecule has 3 N–H and O–H groups in total. The molecule has 0 amide bonds. The first-order chi connectivity index (χ1) is 49.8. The number of aldehydes is 1. The van der Waals surface area contributed by atoms with Crippen LogP contribution < -0.4 is 9.47 Å². The van der Waals surface area contributed by atoms with Gasteiger partial charge >= 0.3 is 11.9 Å². The number of carbonyl (C=O) groups excluding carboxylic acids is 3. The maximum Gasteiger partial charge on any atom is 0.308 e. The van der Waals surface area contributed by atoms with E-state index >= 15 is 0 Å². The third-order valence-corrected chi connectivity index (χ3v) is 16.2. The maximum atomic E-state index is 11.2. The van der Waals surface area contributed by atoms with Crippen molar-refractivity contribution in [2.45, 2.75) is 59.3 Å². The van der Waals surface area contributed by atoms with Crippen LogP contribution in [0.2, 0.25) is 0 Å². The Morgan fingerprint density at radius 3 is 1.08 bits per heavy atom. The van der Waals surface area contributed by atoms with E-state index in [1.807, 2.05) is 213 Å². The van der Waals surface area contributed by atoms with Gasteiger partial charge in [0, 0.05) is 69.1 Å². The molecule has 0 spiro atoms. The van der Waals surface area contributed by atoms with Crippen molar-refractivity contribution in [2.75, 3.05) is 0 Å². The highest BCUT2D eigenvalue weighted by Gasteiger charge is 2.09. The topological polar surface area (TPSA) is 195 Å². The molecule has 0 aliphatic rings. The van der Waals surface area contributed by atoms with Crippen LogP contribution in [-0.4, -0.2) is 58.5 Å². The number of benzene rings is 10. The number of aryl methyl sites for hydroxylation is 7. The van der Waals surface area contributed by atoms with Crippen LogP contribution in [0.1, 0.15) is 74.9 Å². The summed E-state index contributed by atoms with van der Waals surface area (Å²) in [6.45, 7) is 4.82. The minimum atomic E-state index is -0.329. The Morgan fingerprint density at radius 2 is 0.650 bits per heavy atom. The minimum absolute atomic E-state index is 0.